The van der Waals surface area contributed by atoms with Crippen molar-refractivity contribution >= 4 is 11.5 Å². The van der Waals surface area contributed by atoms with Crippen molar-refractivity contribution in [2.24, 2.45) is 0 Å². The quantitative estimate of drug-likeness (QED) is 0.717. The van der Waals surface area contributed by atoms with Crippen molar-refractivity contribution in [1.29, 1.82) is 0 Å². The van der Waals surface area contributed by atoms with Crippen LogP contribution in [0, 0.1) is 0 Å². The molecule has 3 heterocycles. The van der Waals surface area contributed by atoms with Crippen LogP contribution < -0.4 is 4.90 Å². The van der Waals surface area contributed by atoms with E-state index in [0.717, 1.165) is 44.2 Å². The number of alkyl halides is 2. The lowest BCUT2D eigenvalue weighted by molar-refractivity contribution is 0.00563. The second kappa shape index (κ2) is 6.60. The summed E-state index contributed by atoms with van der Waals surface area (Å²) in [6.07, 6.45) is 0. The van der Waals surface area contributed by atoms with Gasteiger partial charge < -0.3 is 4.90 Å². The highest BCUT2D eigenvalue weighted by atomic mass is 19.3. The molecule has 0 bridgehead atoms. The van der Waals surface area contributed by atoms with Gasteiger partial charge in [-0.1, -0.05) is 30.3 Å². The average Bonchev–Trinajstić information content (AvgIpc) is 3.07. The fraction of sp³-hybridized carbons (Fsp3) is 0.389. The van der Waals surface area contributed by atoms with E-state index in [-0.39, 0.29) is 0 Å². The molecule has 0 atom stereocenters. The van der Waals surface area contributed by atoms with Crippen LogP contribution in [0.25, 0.3) is 5.65 Å². The zero-order valence-corrected chi connectivity index (χ0v) is 14.5. The van der Waals surface area contributed by atoms with E-state index in [1.165, 1.54) is 5.56 Å². The Morgan fingerprint density at radius 1 is 0.962 bits per heavy atom. The van der Waals surface area contributed by atoms with Gasteiger partial charge in [-0.15, -0.1) is 15.3 Å². The smallest absolute Gasteiger partial charge is 0.305 e. The molecule has 6 nitrogen and oxygen atoms in total. The van der Waals surface area contributed by atoms with E-state index in [0.29, 0.717) is 11.5 Å². The van der Waals surface area contributed by atoms with Crippen molar-refractivity contribution in [1.82, 2.24) is 24.7 Å². The van der Waals surface area contributed by atoms with Gasteiger partial charge in [0.15, 0.2) is 5.65 Å². The predicted molar refractivity (Wildman–Crippen MR) is 94.3 cm³/mol. The van der Waals surface area contributed by atoms with E-state index in [1.54, 1.807) is 6.07 Å². The minimum atomic E-state index is -3.08. The molecule has 0 N–H and O–H groups in total. The summed E-state index contributed by atoms with van der Waals surface area (Å²) in [6.45, 7) is 5.11. The number of hydrogen-bond donors (Lipinski definition) is 0. The Morgan fingerprint density at radius 3 is 2.38 bits per heavy atom. The Hall–Kier alpha value is -2.61. The molecule has 0 amide bonds. The average molecular weight is 358 g/mol. The van der Waals surface area contributed by atoms with E-state index in [2.05, 4.69) is 37.2 Å². The van der Waals surface area contributed by atoms with Crippen LogP contribution in [0.15, 0.2) is 42.5 Å². The molecule has 1 saturated heterocycles. The molecule has 0 saturated carbocycles. The molecule has 0 unspecified atom stereocenters. The van der Waals surface area contributed by atoms with Gasteiger partial charge in [0.25, 0.3) is 0 Å². The highest BCUT2D eigenvalue weighted by molar-refractivity contribution is 5.46. The molecule has 0 radical (unpaired) electrons. The van der Waals surface area contributed by atoms with Crippen LogP contribution in [0.5, 0.6) is 0 Å². The fourth-order valence-electron chi connectivity index (χ4n) is 3.20. The van der Waals surface area contributed by atoms with Crippen molar-refractivity contribution in [3.63, 3.8) is 0 Å². The van der Waals surface area contributed by atoms with Gasteiger partial charge >= 0.3 is 5.92 Å². The Bertz CT molecular complexity index is 882. The monoisotopic (exact) mass is 358 g/mol. The second-order valence-electron chi connectivity index (χ2n) is 6.62. The summed E-state index contributed by atoms with van der Waals surface area (Å²) in [5.41, 5.74) is 1.62. The molecule has 0 spiro atoms. The maximum absolute atomic E-state index is 13.7. The van der Waals surface area contributed by atoms with Gasteiger partial charge in [0, 0.05) is 39.6 Å². The van der Waals surface area contributed by atoms with Crippen molar-refractivity contribution in [3.05, 3.63) is 53.9 Å². The number of piperazine rings is 1. The van der Waals surface area contributed by atoms with Crippen molar-refractivity contribution in [2.45, 2.75) is 19.4 Å². The lowest BCUT2D eigenvalue weighted by Crippen LogP contribution is -2.46. The summed E-state index contributed by atoms with van der Waals surface area (Å²) in [7, 11) is 0. The van der Waals surface area contributed by atoms with Gasteiger partial charge in [0.1, 0.15) is 5.82 Å². The van der Waals surface area contributed by atoms with Gasteiger partial charge in [-0.05, 0) is 17.7 Å². The van der Waals surface area contributed by atoms with Gasteiger partial charge in [-0.3, -0.25) is 4.90 Å². The minimum Gasteiger partial charge on any atom is -0.353 e. The summed E-state index contributed by atoms with van der Waals surface area (Å²) in [4.78, 5) is 4.49. The highest BCUT2D eigenvalue weighted by Gasteiger charge is 2.32. The number of anilines is 1. The van der Waals surface area contributed by atoms with Crippen LogP contribution in [-0.2, 0) is 12.5 Å². The molecular weight excluding hydrogens is 338 g/mol. The Kier molecular flexibility index (Phi) is 4.28. The predicted octanol–water partition coefficient (Wildman–Crippen LogP) is 2.56. The number of benzene rings is 1. The van der Waals surface area contributed by atoms with E-state index < -0.39 is 11.7 Å². The number of rotatable bonds is 4. The Balaban J connectivity index is 1.47. The number of fused-ring (bicyclic) bond motifs is 1. The number of hydrogen-bond acceptors (Lipinski definition) is 5. The molecule has 26 heavy (non-hydrogen) atoms. The van der Waals surface area contributed by atoms with Crippen LogP contribution in [0.2, 0.25) is 0 Å². The summed E-state index contributed by atoms with van der Waals surface area (Å²) < 4.78 is 28.5. The largest absolute Gasteiger partial charge is 0.353 e. The van der Waals surface area contributed by atoms with Crippen molar-refractivity contribution in [2.75, 3.05) is 31.1 Å². The SMILES string of the molecule is CC(F)(F)c1nnc2ccc(N3CCN(Cc4ccccc4)CC3)nn12. The molecule has 4 rings (SSSR count). The number of halogens is 2. The lowest BCUT2D eigenvalue weighted by atomic mass is 10.2. The van der Waals surface area contributed by atoms with Crippen LogP contribution >= 0.6 is 0 Å². The van der Waals surface area contributed by atoms with Gasteiger partial charge in [-0.25, -0.2) is 0 Å². The van der Waals surface area contributed by atoms with Crippen LogP contribution in [0.4, 0.5) is 14.6 Å². The number of aromatic nitrogens is 4. The third-order valence-corrected chi connectivity index (χ3v) is 4.59. The molecule has 1 fully saturated rings. The van der Waals surface area contributed by atoms with E-state index in [1.807, 2.05) is 24.3 Å². The van der Waals surface area contributed by atoms with E-state index in [9.17, 15) is 8.78 Å². The Morgan fingerprint density at radius 2 is 1.69 bits per heavy atom. The standard InChI is InChI=1S/C18H20F2N6/c1-18(19,20)17-22-21-15-7-8-16(23-26(15)17)25-11-9-24(10-12-25)13-14-5-3-2-4-6-14/h2-8H,9-13H2,1H3. The topological polar surface area (TPSA) is 49.6 Å². The molecule has 3 aromatic rings. The van der Waals surface area contributed by atoms with Crippen LogP contribution in [-0.4, -0.2) is 50.9 Å². The second-order valence-corrected chi connectivity index (χ2v) is 6.62. The van der Waals surface area contributed by atoms with E-state index in [4.69, 9.17) is 0 Å². The molecule has 8 heteroatoms. The summed E-state index contributed by atoms with van der Waals surface area (Å²) in [5.74, 6) is -2.85. The third kappa shape index (κ3) is 3.37. The zero-order valence-electron chi connectivity index (χ0n) is 14.5. The zero-order chi connectivity index (χ0) is 18.1. The number of nitrogens with zero attached hydrogens (tertiary/aromatic N) is 6. The maximum atomic E-state index is 13.7. The van der Waals surface area contributed by atoms with Gasteiger partial charge in [-0.2, -0.15) is 13.3 Å². The lowest BCUT2D eigenvalue weighted by Gasteiger charge is -2.35. The first-order chi connectivity index (χ1) is 12.5. The third-order valence-electron chi connectivity index (χ3n) is 4.59. The summed E-state index contributed by atoms with van der Waals surface area (Å²) >= 11 is 0. The summed E-state index contributed by atoms with van der Waals surface area (Å²) in [6, 6.07) is 13.9. The minimum absolute atomic E-state index is 0.327. The fourth-order valence-corrected chi connectivity index (χ4v) is 3.20. The molecule has 1 aromatic carbocycles. The van der Waals surface area contributed by atoms with Crippen molar-refractivity contribution < 1.29 is 8.78 Å². The van der Waals surface area contributed by atoms with E-state index >= 15 is 0 Å². The molecule has 136 valence electrons. The van der Waals surface area contributed by atoms with Crippen LogP contribution in [0.1, 0.15) is 18.3 Å². The first kappa shape index (κ1) is 16.8. The highest BCUT2D eigenvalue weighted by Crippen LogP contribution is 2.26. The first-order valence-electron chi connectivity index (χ1n) is 8.63. The molecule has 2 aromatic heterocycles. The van der Waals surface area contributed by atoms with Crippen molar-refractivity contribution in [3.8, 4) is 0 Å². The molecule has 1 aliphatic rings. The molecular formula is C18H20F2N6. The summed E-state index contributed by atoms with van der Waals surface area (Å²) in [5, 5.41) is 11.7. The molecule has 0 aliphatic carbocycles. The van der Waals surface area contributed by atoms with Gasteiger partial charge in [0.2, 0.25) is 5.82 Å². The maximum Gasteiger partial charge on any atom is 0.305 e. The normalized spacial score (nSPS) is 16.3. The van der Waals surface area contributed by atoms with Gasteiger partial charge in [0.05, 0.1) is 0 Å². The molecule has 1 aliphatic heterocycles. The first-order valence-corrected chi connectivity index (χ1v) is 8.63. The Labute approximate surface area is 150 Å². The van der Waals surface area contributed by atoms with Crippen LogP contribution in [0.3, 0.4) is 0 Å².